The lowest BCUT2D eigenvalue weighted by molar-refractivity contribution is 0.439. The Balaban J connectivity index is 1.73. The van der Waals surface area contributed by atoms with Crippen LogP contribution in [0.15, 0.2) is 0 Å². The van der Waals surface area contributed by atoms with Gasteiger partial charge in [-0.15, -0.1) is 11.6 Å². The number of hydrogen-bond acceptors (Lipinski definition) is 1. The molecule has 1 aliphatic rings. The van der Waals surface area contributed by atoms with Crippen LogP contribution in [0.4, 0.5) is 0 Å². The van der Waals surface area contributed by atoms with E-state index in [-0.39, 0.29) is 0 Å². The van der Waals surface area contributed by atoms with Gasteiger partial charge in [0.05, 0.1) is 0 Å². The van der Waals surface area contributed by atoms with Crippen LogP contribution in [0.25, 0.3) is 0 Å². The topological polar surface area (TPSA) is 12.0 Å². The summed E-state index contributed by atoms with van der Waals surface area (Å²) in [5, 5.41) is 3.64. The van der Waals surface area contributed by atoms with Gasteiger partial charge in [-0.1, -0.05) is 64.7 Å². The molecular formula is C18H36ClN. The molecule has 0 amide bonds. The molecule has 120 valence electrons. The molecule has 0 radical (unpaired) electrons. The molecule has 1 fully saturated rings. The Kier molecular flexibility index (Phi) is 10.9. The highest BCUT2D eigenvalue weighted by atomic mass is 35.5. The molecule has 0 aliphatic heterocycles. The van der Waals surface area contributed by atoms with Crippen molar-refractivity contribution in [3.63, 3.8) is 0 Å². The first-order valence-corrected chi connectivity index (χ1v) is 9.63. The maximum absolute atomic E-state index is 5.85. The zero-order valence-electron chi connectivity index (χ0n) is 13.7. The third kappa shape index (κ3) is 9.23. The zero-order chi connectivity index (χ0) is 14.5. The molecule has 1 nitrogen and oxygen atoms in total. The van der Waals surface area contributed by atoms with Crippen molar-refractivity contribution in [1.82, 2.24) is 5.32 Å². The number of unbranched alkanes of at least 4 members (excludes halogenated alkanes) is 9. The van der Waals surface area contributed by atoms with Gasteiger partial charge in [0, 0.05) is 12.4 Å². The molecule has 1 aliphatic carbocycles. The van der Waals surface area contributed by atoms with Crippen LogP contribution in [0, 0.1) is 5.41 Å². The summed E-state index contributed by atoms with van der Waals surface area (Å²) in [6, 6.07) is 0. The van der Waals surface area contributed by atoms with Crippen molar-refractivity contribution < 1.29 is 0 Å². The molecule has 0 atom stereocenters. The molecule has 20 heavy (non-hydrogen) atoms. The van der Waals surface area contributed by atoms with Gasteiger partial charge in [0.2, 0.25) is 0 Å². The zero-order valence-corrected chi connectivity index (χ0v) is 14.4. The molecule has 1 saturated carbocycles. The van der Waals surface area contributed by atoms with Gasteiger partial charge in [-0.25, -0.2) is 0 Å². The molecule has 0 bridgehead atoms. The van der Waals surface area contributed by atoms with E-state index in [2.05, 4.69) is 12.2 Å². The van der Waals surface area contributed by atoms with Gasteiger partial charge in [0.1, 0.15) is 0 Å². The first-order chi connectivity index (χ1) is 9.83. The number of nitrogens with one attached hydrogen (secondary N) is 1. The van der Waals surface area contributed by atoms with E-state index in [9.17, 15) is 0 Å². The SMILES string of the molecule is CCCCCCCCCCCCNCC1(CCCl)CC1. The van der Waals surface area contributed by atoms with Crippen LogP contribution in [0.2, 0.25) is 0 Å². The molecule has 0 spiro atoms. The monoisotopic (exact) mass is 301 g/mol. The summed E-state index contributed by atoms with van der Waals surface area (Å²) in [6.07, 6.45) is 18.2. The minimum atomic E-state index is 0.597. The highest BCUT2D eigenvalue weighted by Crippen LogP contribution is 2.48. The van der Waals surface area contributed by atoms with Gasteiger partial charge < -0.3 is 5.32 Å². The fourth-order valence-electron chi connectivity index (χ4n) is 2.98. The smallest absolute Gasteiger partial charge is 0.0229 e. The van der Waals surface area contributed by atoms with E-state index in [1.165, 1.54) is 96.6 Å². The Bertz CT molecular complexity index is 213. The number of halogens is 1. The number of hydrogen-bond donors (Lipinski definition) is 1. The maximum Gasteiger partial charge on any atom is 0.0229 e. The quantitative estimate of drug-likeness (QED) is 0.293. The van der Waals surface area contributed by atoms with Gasteiger partial charge in [-0.2, -0.15) is 0 Å². The molecule has 0 aromatic heterocycles. The molecule has 0 aromatic carbocycles. The van der Waals surface area contributed by atoms with E-state index in [1.807, 2.05) is 0 Å². The lowest BCUT2D eigenvalue weighted by Gasteiger charge is -2.14. The highest BCUT2D eigenvalue weighted by Gasteiger charge is 2.40. The van der Waals surface area contributed by atoms with Crippen molar-refractivity contribution >= 4 is 11.6 Å². The Labute approximate surface area is 132 Å². The van der Waals surface area contributed by atoms with Crippen molar-refractivity contribution in [3.8, 4) is 0 Å². The molecule has 2 heteroatoms. The summed E-state index contributed by atoms with van der Waals surface area (Å²) >= 11 is 5.85. The van der Waals surface area contributed by atoms with Crippen LogP contribution in [0.3, 0.4) is 0 Å². The van der Waals surface area contributed by atoms with Crippen LogP contribution in [-0.4, -0.2) is 19.0 Å². The van der Waals surface area contributed by atoms with Crippen molar-refractivity contribution in [2.75, 3.05) is 19.0 Å². The van der Waals surface area contributed by atoms with E-state index in [0.29, 0.717) is 5.41 Å². The second kappa shape index (κ2) is 11.9. The molecule has 1 rings (SSSR count). The maximum atomic E-state index is 5.85. The fourth-order valence-corrected chi connectivity index (χ4v) is 3.38. The average molecular weight is 302 g/mol. The second-order valence-electron chi connectivity index (χ2n) is 6.80. The Morgan fingerprint density at radius 1 is 0.850 bits per heavy atom. The van der Waals surface area contributed by atoms with Gasteiger partial charge in [0.25, 0.3) is 0 Å². The van der Waals surface area contributed by atoms with Gasteiger partial charge in [-0.05, 0) is 37.6 Å². The summed E-state index contributed by atoms with van der Waals surface area (Å²) in [5.74, 6) is 0.833. The normalized spacial score (nSPS) is 16.5. The summed E-state index contributed by atoms with van der Waals surface area (Å²) in [7, 11) is 0. The van der Waals surface area contributed by atoms with Crippen LogP contribution < -0.4 is 5.32 Å². The Hall–Kier alpha value is 0.250. The molecule has 0 saturated heterocycles. The fraction of sp³-hybridized carbons (Fsp3) is 1.00. The van der Waals surface area contributed by atoms with Gasteiger partial charge >= 0.3 is 0 Å². The predicted octanol–water partition coefficient (Wildman–Crippen LogP) is 5.91. The van der Waals surface area contributed by atoms with Crippen molar-refractivity contribution in [2.24, 2.45) is 5.41 Å². The van der Waals surface area contributed by atoms with E-state index in [4.69, 9.17) is 11.6 Å². The van der Waals surface area contributed by atoms with Crippen molar-refractivity contribution in [2.45, 2.75) is 90.4 Å². The van der Waals surface area contributed by atoms with Crippen LogP contribution in [0.5, 0.6) is 0 Å². The average Bonchev–Trinajstić information content (AvgIpc) is 3.20. The first-order valence-electron chi connectivity index (χ1n) is 9.10. The Morgan fingerprint density at radius 2 is 1.40 bits per heavy atom. The minimum absolute atomic E-state index is 0.597. The largest absolute Gasteiger partial charge is 0.316 e. The Morgan fingerprint density at radius 3 is 1.90 bits per heavy atom. The number of alkyl halides is 1. The lowest BCUT2D eigenvalue weighted by atomic mass is 10.0. The van der Waals surface area contributed by atoms with E-state index < -0.39 is 0 Å². The van der Waals surface area contributed by atoms with E-state index in [0.717, 1.165) is 5.88 Å². The van der Waals surface area contributed by atoms with Crippen LogP contribution in [0.1, 0.15) is 90.4 Å². The standard InChI is InChI=1S/C18H36ClN/c1-2-3-4-5-6-7-8-9-10-11-16-20-17-18(12-13-18)14-15-19/h20H,2-17H2,1H3. The third-order valence-electron chi connectivity index (χ3n) is 4.79. The molecular weight excluding hydrogens is 266 g/mol. The van der Waals surface area contributed by atoms with Crippen molar-refractivity contribution in [3.05, 3.63) is 0 Å². The van der Waals surface area contributed by atoms with Gasteiger partial charge in [0.15, 0.2) is 0 Å². The molecule has 1 N–H and O–H groups in total. The third-order valence-corrected chi connectivity index (χ3v) is 4.98. The van der Waals surface area contributed by atoms with Crippen LogP contribution in [-0.2, 0) is 0 Å². The summed E-state index contributed by atoms with van der Waals surface area (Å²) in [5.41, 5.74) is 0.597. The summed E-state index contributed by atoms with van der Waals surface area (Å²) in [4.78, 5) is 0. The molecule has 0 heterocycles. The van der Waals surface area contributed by atoms with Gasteiger partial charge in [-0.3, -0.25) is 0 Å². The van der Waals surface area contributed by atoms with Crippen LogP contribution >= 0.6 is 11.6 Å². The summed E-state index contributed by atoms with van der Waals surface area (Å²) in [6.45, 7) is 4.70. The van der Waals surface area contributed by atoms with E-state index >= 15 is 0 Å². The second-order valence-corrected chi connectivity index (χ2v) is 7.18. The summed E-state index contributed by atoms with van der Waals surface area (Å²) < 4.78 is 0. The minimum Gasteiger partial charge on any atom is -0.316 e. The molecule has 0 aromatic rings. The van der Waals surface area contributed by atoms with Crippen molar-refractivity contribution in [1.29, 1.82) is 0 Å². The lowest BCUT2D eigenvalue weighted by Crippen LogP contribution is -2.25. The highest BCUT2D eigenvalue weighted by molar-refractivity contribution is 6.17. The first kappa shape index (κ1) is 18.3. The number of rotatable bonds is 15. The van der Waals surface area contributed by atoms with E-state index in [1.54, 1.807) is 0 Å². The molecule has 0 unspecified atom stereocenters. The predicted molar refractivity (Wildman–Crippen MR) is 91.7 cm³/mol.